The molecule has 1 aromatic heterocycles. The number of benzene rings is 1. The van der Waals surface area contributed by atoms with E-state index in [-0.39, 0.29) is 0 Å². The first-order chi connectivity index (χ1) is 9.20. The molecule has 2 aromatic rings. The van der Waals surface area contributed by atoms with Crippen molar-refractivity contribution in [2.24, 2.45) is 5.10 Å². The normalized spacial score (nSPS) is 10.8. The summed E-state index contributed by atoms with van der Waals surface area (Å²) in [6.07, 6.45) is 6.50. The van der Waals surface area contributed by atoms with E-state index in [1.807, 2.05) is 6.07 Å². The summed E-state index contributed by atoms with van der Waals surface area (Å²) in [5.41, 5.74) is 0.909. The van der Waals surface area contributed by atoms with Crippen molar-refractivity contribution in [3.05, 3.63) is 50.1 Å². The van der Waals surface area contributed by atoms with Crippen molar-refractivity contribution in [3.8, 4) is 5.75 Å². The fraction of sp³-hybridized carbons (Fsp3) is 0.0833. The minimum absolute atomic E-state index is 0.462. The summed E-state index contributed by atoms with van der Waals surface area (Å²) in [6, 6.07) is 4.06. The van der Waals surface area contributed by atoms with Crippen LogP contribution in [-0.4, -0.2) is 27.7 Å². The summed E-state index contributed by atoms with van der Waals surface area (Å²) in [4.78, 5) is 0. The van der Waals surface area contributed by atoms with Crippen LogP contribution in [0.4, 0.5) is 0 Å². The Morgan fingerprint density at radius 1 is 1.32 bits per heavy atom. The molecule has 2 rings (SSSR count). The zero-order chi connectivity index (χ0) is 13.7. The summed E-state index contributed by atoms with van der Waals surface area (Å²) in [7, 11) is 0. The third-order valence-corrected chi connectivity index (χ3v) is 3.54. The SMILES string of the molecule is C=CCOc1c(I)cc(I)cc1/C=N/n1cnnc1. The van der Waals surface area contributed by atoms with Gasteiger partial charge in [0.05, 0.1) is 9.78 Å². The minimum Gasteiger partial charge on any atom is -0.488 e. The van der Waals surface area contributed by atoms with Gasteiger partial charge in [0.2, 0.25) is 0 Å². The Morgan fingerprint density at radius 3 is 2.74 bits per heavy atom. The largest absolute Gasteiger partial charge is 0.488 e. The van der Waals surface area contributed by atoms with Gasteiger partial charge < -0.3 is 4.74 Å². The van der Waals surface area contributed by atoms with Crippen LogP contribution in [0.1, 0.15) is 5.56 Å². The van der Waals surface area contributed by atoms with Gasteiger partial charge in [0.15, 0.2) is 0 Å². The molecule has 0 fully saturated rings. The molecule has 5 nitrogen and oxygen atoms in total. The Kier molecular flexibility index (Phi) is 5.31. The highest BCUT2D eigenvalue weighted by atomic mass is 127. The maximum absolute atomic E-state index is 5.68. The molecule has 0 spiro atoms. The average molecular weight is 480 g/mol. The molecular weight excluding hydrogens is 470 g/mol. The predicted octanol–water partition coefficient (Wildman–Crippen LogP) is 2.93. The summed E-state index contributed by atoms with van der Waals surface area (Å²) in [5, 5.41) is 11.6. The Balaban J connectivity index is 2.34. The lowest BCUT2D eigenvalue weighted by molar-refractivity contribution is 0.360. The first-order valence-electron chi connectivity index (χ1n) is 5.32. The fourth-order valence-electron chi connectivity index (χ4n) is 1.35. The van der Waals surface area contributed by atoms with E-state index in [0.29, 0.717) is 6.61 Å². The van der Waals surface area contributed by atoms with E-state index in [4.69, 9.17) is 4.74 Å². The Labute approximate surface area is 138 Å². The molecule has 0 aliphatic rings. The Hall–Kier alpha value is -0.970. The molecule has 0 radical (unpaired) electrons. The highest BCUT2D eigenvalue weighted by Gasteiger charge is 2.08. The van der Waals surface area contributed by atoms with Gasteiger partial charge in [0, 0.05) is 9.13 Å². The number of hydrogen-bond donors (Lipinski definition) is 0. The smallest absolute Gasteiger partial charge is 0.142 e. The van der Waals surface area contributed by atoms with E-state index in [9.17, 15) is 0 Å². The van der Waals surface area contributed by atoms with Crippen LogP contribution < -0.4 is 4.74 Å². The lowest BCUT2D eigenvalue weighted by atomic mass is 10.2. The highest BCUT2D eigenvalue weighted by Crippen LogP contribution is 2.27. The van der Waals surface area contributed by atoms with Crippen molar-refractivity contribution in [2.45, 2.75) is 0 Å². The van der Waals surface area contributed by atoms with E-state index in [0.717, 1.165) is 18.5 Å². The van der Waals surface area contributed by atoms with Gasteiger partial charge in [0.1, 0.15) is 25.0 Å². The van der Waals surface area contributed by atoms with Crippen LogP contribution >= 0.6 is 45.2 Å². The molecule has 0 unspecified atom stereocenters. The second-order valence-corrected chi connectivity index (χ2v) is 5.90. The lowest BCUT2D eigenvalue weighted by Crippen LogP contribution is -2.01. The zero-order valence-electron chi connectivity index (χ0n) is 9.83. The molecule has 1 aromatic carbocycles. The van der Waals surface area contributed by atoms with Crippen molar-refractivity contribution in [3.63, 3.8) is 0 Å². The predicted molar refractivity (Wildman–Crippen MR) is 90.6 cm³/mol. The maximum Gasteiger partial charge on any atom is 0.142 e. The Bertz CT molecular complexity index is 596. The van der Waals surface area contributed by atoms with Gasteiger partial charge in [-0.15, -0.1) is 10.2 Å². The molecule has 0 amide bonds. The molecule has 0 aliphatic carbocycles. The number of rotatable bonds is 5. The maximum atomic E-state index is 5.68. The van der Waals surface area contributed by atoms with E-state index in [2.05, 4.69) is 73.1 Å². The lowest BCUT2D eigenvalue weighted by Gasteiger charge is -2.10. The van der Waals surface area contributed by atoms with Gasteiger partial charge in [-0.25, -0.2) is 4.68 Å². The topological polar surface area (TPSA) is 52.3 Å². The van der Waals surface area contributed by atoms with Crippen LogP contribution in [0.2, 0.25) is 0 Å². The number of nitrogens with zero attached hydrogens (tertiary/aromatic N) is 4. The van der Waals surface area contributed by atoms with E-state index < -0.39 is 0 Å². The number of aromatic nitrogens is 3. The highest BCUT2D eigenvalue weighted by molar-refractivity contribution is 14.1. The number of hydrogen-bond acceptors (Lipinski definition) is 4. The van der Waals surface area contributed by atoms with Crippen LogP contribution in [-0.2, 0) is 0 Å². The first-order valence-corrected chi connectivity index (χ1v) is 7.48. The van der Waals surface area contributed by atoms with Crippen LogP contribution in [0.5, 0.6) is 5.75 Å². The van der Waals surface area contributed by atoms with Gasteiger partial charge >= 0.3 is 0 Å². The van der Waals surface area contributed by atoms with E-state index in [1.54, 1.807) is 12.3 Å². The van der Waals surface area contributed by atoms with Gasteiger partial charge in [-0.1, -0.05) is 12.7 Å². The third kappa shape index (κ3) is 4.00. The van der Waals surface area contributed by atoms with Crippen LogP contribution in [0, 0.1) is 7.14 Å². The van der Waals surface area contributed by atoms with Gasteiger partial charge in [0.25, 0.3) is 0 Å². The fourth-order valence-corrected chi connectivity index (χ4v) is 3.40. The quantitative estimate of drug-likeness (QED) is 0.376. The van der Waals surface area contributed by atoms with E-state index in [1.165, 1.54) is 17.3 Å². The second kappa shape index (κ2) is 6.98. The third-order valence-electron chi connectivity index (χ3n) is 2.12. The standard InChI is InChI=1S/C12H10I2N4O/c1-2-3-19-12-9(4-10(13)5-11(12)14)6-17-18-7-15-16-8-18/h2,4-8H,1,3H2/b17-6+. The first kappa shape index (κ1) is 14.4. The van der Waals surface area contributed by atoms with Crippen molar-refractivity contribution in [1.29, 1.82) is 0 Å². The van der Waals surface area contributed by atoms with Gasteiger partial charge in [-0.2, -0.15) is 5.10 Å². The molecule has 1 heterocycles. The van der Waals surface area contributed by atoms with Crippen molar-refractivity contribution in [2.75, 3.05) is 6.61 Å². The molecule has 0 bridgehead atoms. The van der Waals surface area contributed by atoms with Crippen LogP contribution in [0.15, 0.2) is 42.5 Å². The van der Waals surface area contributed by atoms with E-state index >= 15 is 0 Å². The molecular formula is C12H10I2N4O. The molecule has 19 heavy (non-hydrogen) atoms. The number of ether oxygens (including phenoxy) is 1. The average Bonchev–Trinajstić information content (AvgIpc) is 2.88. The summed E-state index contributed by atoms with van der Waals surface area (Å²) >= 11 is 4.51. The molecule has 0 N–H and O–H groups in total. The van der Waals surface area contributed by atoms with Gasteiger partial charge in [-0.3, -0.25) is 0 Å². The monoisotopic (exact) mass is 480 g/mol. The molecule has 0 saturated heterocycles. The van der Waals surface area contributed by atoms with Crippen molar-refractivity contribution < 1.29 is 4.74 Å². The summed E-state index contributed by atoms with van der Waals surface area (Å²) in [5.74, 6) is 0.803. The summed E-state index contributed by atoms with van der Waals surface area (Å²) in [6.45, 7) is 4.12. The molecule has 0 saturated carbocycles. The summed E-state index contributed by atoms with van der Waals surface area (Å²) < 4.78 is 9.37. The zero-order valence-corrected chi connectivity index (χ0v) is 14.1. The molecule has 7 heteroatoms. The van der Waals surface area contributed by atoms with Crippen LogP contribution in [0.25, 0.3) is 0 Å². The van der Waals surface area contributed by atoms with Crippen molar-refractivity contribution >= 4 is 51.4 Å². The van der Waals surface area contributed by atoms with Crippen molar-refractivity contribution in [1.82, 2.24) is 14.9 Å². The minimum atomic E-state index is 0.462. The van der Waals surface area contributed by atoms with Crippen LogP contribution in [0.3, 0.4) is 0 Å². The molecule has 0 atom stereocenters. The molecule has 98 valence electrons. The van der Waals surface area contributed by atoms with Gasteiger partial charge in [-0.05, 0) is 57.3 Å². The Morgan fingerprint density at radius 2 is 2.05 bits per heavy atom. The second-order valence-electron chi connectivity index (χ2n) is 3.49. The molecule has 0 aliphatic heterocycles. The number of halogens is 2.